The molecule has 0 bridgehead atoms. The lowest BCUT2D eigenvalue weighted by molar-refractivity contribution is -0.384. The SMILES string of the molecule is O=[N+]([O-])c1ccc(OC2CC(Br)C2)cc1Cl. The molecule has 86 valence electrons. The van der Waals surface area contributed by atoms with Gasteiger partial charge in [-0.3, -0.25) is 10.1 Å². The van der Waals surface area contributed by atoms with Crippen LogP contribution < -0.4 is 4.74 Å². The molecular formula is C10H9BrClNO3. The maximum Gasteiger partial charge on any atom is 0.288 e. The molecule has 0 aliphatic heterocycles. The molecule has 0 aromatic heterocycles. The van der Waals surface area contributed by atoms with Crippen molar-refractivity contribution in [1.82, 2.24) is 0 Å². The van der Waals surface area contributed by atoms with Crippen molar-refractivity contribution in [2.75, 3.05) is 0 Å². The minimum absolute atomic E-state index is 0.0963. The molecule has 0 amide bonds. The van der Waals surface area contributed by atoms with E-state index in [2.05, 4.69) is 15.9 Å². The van der Waals surface area contributed by atoms with Crippen LogP contribution in [0.4, 0.5) is 5.69 Å². The first-order valence-corrected chi connectivity index (χ1v) is 6.10. The summed E-state index contributed by atoms with van der Waals surface area (Å²) in [6.07, 6.45) is 2.09. The number of halogens is 2. The van der Waals surface area contributed by atoms with Crippen LogP contribution in [0.15, 0.2) is 18.2 Å². The van der Waals surface area contributed by atoms with Gasteiger partial charge in [0.25, 0.3) is 5.69 Å². The van der Waals surface area contributed by atoms with Gasteiger partial charge in [-0.2, -0.15) is 0 Å². The molecule has 0 radical (unpaired) electrons. The van der Waals surface area contributed by atoms with Gasteiger partial charge in [0.05, 0.1) is 4.92 Å². The zero-order chi connectivity index (χ0) is 11.7. The Bertz CT molecular complexity index is 421. The molecule has 1 fully saturated rings. The second kappa shape index (κ2) is 4.59. The summed E-state index contributed by atoms with van der Waals surface area (Å²) in [5.41, 5.74) is -0.0963. The lowest BCUT2D eigenvalue weighted by atomic mass is 9.96. The molecule has 1 aromatic carbocycles. The van der Waals surface area contributed by atoms with Gasteiger partial charge >= 0.3 is 0 Å². The van der Waals surface area contributed by atoms with Gasteiger partial charge in [0, 0.05) is 17.0 Å². The highest BCUT2D eigenvalue weighted by atomic mass is 79.9. The summed E-state index contributed by atoms with van der Waals surface area (Å²) in [6.45, 7) is 0. The van der Waals surface area contributed by atoms with Crippen molar-refractivity contribution in [2.24, 2.45) is 0 Å². The molecule has 0 spiro atoms. The fraction of sp³-hybridized carbons (Fsp3) is 0.400. The summed E-state index contributed by atoms with van der Waals surface area (Å²) in [5, 5.41) is 10.6. The van der Waals surface area contributed by atoms with Crippen LogP contribution in [0.3, 0.4) is 0 Å². The topological polar surface area (TPSA) is 52.4 Å². The van der Waals surface area contributed by atoms with Crippen molar-refractivity contribution in [1.29, 1.82) is 0 Å². The molecule has 1 aromatic rings. The van der Waals surface area contributed by atoms with Crippen LogP contribution in [0.25, 0.3) is 0 Å². The first kappa shape index (κ1) is 11.7. The molecular weight excluding hydrogens is 297 g/mol. The second-order valence-electron chi connectivity index (χ2n) is 3.68. The van der Waals surface area contributed by atoms with E-state index in [0.717, 1.165) is 12.8 Å². The molecule has 2 rings (SSSR count). The molecule has 6 heteroatoms. The average Bonchev–Trinajstić information content (AvgIpc) is 2.15. The Morgan fingerprint density at radius 1 is 1.50 bits per heavy atom. The zero-order valence-electron chi connectivity index (χ0n) is 8.23. The van der Waals surface area contributed by atoms with Gasteiger partial charge in [-0.05, 0) is 18.9 Å². The van der Waals surface area contributed by atoms with Crippen LogP contribution in [-0.4, -0.2) is 15.9 Å². The minimum atomic E-state index is -0.510. The number of benzene rings is 1. The third kappa shape index (κ3) is 2.47. The smallest absolute Gasteiger partial charge is 0.288 e. The fourth-order valence-corrected chi connectivity index (χ4v) is 2.57. The molecule has 0 N–H and O–H groups in total. The zero-order valence-corrected chi connectivity index (χ0v) is 10.6. The number of nitro benzene ring substituents is 1. The van der Waals surface area contributed by atoms with E-state index in [4.69, 9.17) is 16.3 Å². The normalized spacial score (nSPS) is 23.6. The van der Waals surface area contributed by atoms with Gasteiger partial charge in [-0.25, -0.2) is 0 Å². The van der Waals surface area contributed by atoms with Crippen molar-refractivity contribution in [3.8, 4) is 5.75 Å². The first-order chi connectivity index (χ1) is 7.56. The molecule has 1 saturated carbocycles. The van der Waals surface area contributed by atoms with Gasteiger partial charge < -0.3 is 4.74 Å². The van der Waals surface area contributed by atoms with E-state index < -0.39 is 4.92 Å². The Hall–Kier alpha value is -0.810. The summed E-state index contributed by atoms with van der Waals surface area (Å²) in [5.74, 6) is 0.583. The fourth-order valence-electron chi connectivity index (χ4n) is 1.50. The number of alkyl halides is 1. The van der Waals surface area contributed by atoms with E-state index in [1.165, 1.54) is 12.1 Å². The van der Waals surface area contributed by atoms with Gasteiger partial charge in [0.15, 0.2) is 0 Å². The van der Waals surface area contributed by atoms with Crippen molar-refractivity contribution in [2.45, 2.75) is 23.8 Å². The Morgan fingerprint density at radius 2 is 2.19 bits per heavy atom. The van der Waals surface area contributed by atoms with E-state index in [1.807, 2.05) is 0 Å². The van der Waals surface area contributed by atoms with E-state index in [9.17, 15) is 10.1 Å². The lowest BCUT2D eigenvalue weighted by Gasteiger charge is -2.31. The van der Waals surface area contributed by atoms with Gasteiger partial charge in [-0.15, -0.1) is 0 Å². The monoisotopic (exact) mass is 305 g/mol. The largest absolute Gasteiger partial charge is 0.490 e. The summed E-state index contributed by atoms with van der Waals surface area (Å²) in [6, 6.07) is 4.43. The first-order valence-electron chi connectivity index (χ1n) is 4.81. The van der Waals surface area contributed by atoms with E-state index in [1.54, 1.807) is 6.07 Å². The molecule has 1 aliphatic carbocycles. The van der Waals surface area contributed by atoms with Crippen LogP contribution in [0, 0.1) is 10.1 Å². The van der Waals surface area contributed by atoms with Crippen LogP contribution >= 0.6 is 27.5 Å². The van der Waals surface area contributed by atoms with Crippen molar-refractivity contribution in [3.63, 3.8) is 0 Å². The maximum atomic E-state index is 10.5. The van der Waals surface area contributed by atoms with Crippen LogP contribution in [-0.2, 0) is 0 Å². The standard InChI is InChI=1S/C10H9BrClNO3/c11-6-3-8(4-6)16-7-1-2-10(13(14)15)9(12)5-7/h1-2,5-6,8H,3-4H2. The number of rotatable bonds is 3. The Labute approximate surface area is 106 Å². The number of hydrogen-bond donors (Lipinski definition) is 0. The Kier molecular flexibility index (Phi) is 3.35. The van der Waals surface area contributed by atoms with E-state index in [-0.39, 0.29) is 16.8 Å². The van der Waals surface area contributed by atoms with E-state index >= 15 is 0 Å². The highest BCUT2D eigenvalue weighted by Gasteiger charge is 2.28. The summed E-state index contributed by atoms with van der Waals surface area (Å²) in [4.78, 5) is 10.5. The van der Waals surface area contributed by atoms with Crippen molar-refractivity contribution in [3.05, 3.63) is 33.3 Å². The number of hydrogen-bond acceptors (Lipinski definition) is 3. The average molecular weight is 307 g/mol. The third-order valence-electron chi connectivity index (χ3n) is 2.46. The van der Waals surface area contributed by atoms with Gasteiger partial charge in [0.1, 0.15) is 16.9 Å². The van der Waals surface area contributed by atoms with Gasteiger partial charge in [-0.1, -0.05) is 27.5 Å². The molecule has 1 aliphatic rings. The quantitative estimate of drug-likeness (QED) is 0.487. The molecule has 0 saturated heterocycles. The van der Waals surface area contributed by atoms with Crippen LogP contribution in [0.2, 0.25) is 5.02 Å². The third-order valence-corrected chi connectivity index (χ3v) is 3.51. The lowest BCUT2D eigenvalue weighted by Crippen LogP contribution is -2.33. The Morgan fingerprint density at radius 3 is 2.69 bits per heavy atom. The predicted molar refractivity (Wildman–Crippen MR) is 64.5 cm³/mol. The highest BCUT2D eigenvalue weighted by Crippen LogP contribution is 2.33. The second-order valence-corrected chi connectivity index (χ2v) is 5.38. The van der Waals surface area contributed by atoms with E-state index in [0.29, 0.717) is 10.6 Å². The summed E-state index contributed by atoms with van der Waals surface area (Å²) < 4.78 is 5.60. The number of nitro groups is 1. The molecule has 0 heterocycles. The van der Waals surface area contributed by atoms with Crippen LogP contribution in [0.1, 0.15) is 12.8 Å². The maximum absolute atomic E-state index is 10.5. The molecule has 0 atom stereocenters. The van der Waals surface area contributed by atoms with Crippen molar-refractivity contribution < 1.29 is 9.66 Å². The molecule has 4 nitrogen and oxygen atoms in total. The summed E-state index contributed by atoms with van der Waals surface area (Å²) in [7, 11) is 0. The number of ether oxygens (including phenoxy) is 1. The number of nitrogens with zero attached hydrogens (tertiary/aromatic N) is 1. The van der Waals surface area contributed by atoms with Crippen LogP contribution in [0.5, 0.6) is 5.75 Å². The molecule has 16 heavy (non-hydrogen) atoms. The summed E-state index contributed by atoms with van der Waals surface area (Å²) >= 11 is 9.23. The minimum Gasteiger partial charge on any atom is -0.490 e. The van der Waals surface area contributed by atoms with Gasteiger partial charge in [0.2, 0.25) is 0 Å². The molecule has 0 unspecified atom stereocenters. The highest BCUT2D eigenvalue weighted by molar-refractivity contribution is 9.09. The predicted octanol–water partition coefficient (Wildman–Crippen LogP) is 3.55. The van der Waals surface area contributed by atoms with Crippen molar-refractivity contribution >= 4 is 33.2 Å². The Balaban J connectivity index is 2.06.